The first-order chi connectivity index (χ1) is 16.9. The van der Waals surface area contributed by atoms with Gasteiger partial charge in [-0.1, -0.05) is 48.5 Å². The Morgan fingerprint density at radius 3 is 2.31 bits per heavy atom. The number of carbonyl (C=O) groups is 3. The fourth-order valence-corrected chi connectivity index (χ4v) is 4.74. The SMILES string of the molecule is Cn1ncc(CNC(=O)OCC2c3ccccc3-c3ccccc32)c1C(=O)NC(C(=O)O)C1CC1. The molecule has 1 unspecified atom stereocenters. The maximum absolute atomic E-state index is 12.8. The topological polar surface area (TPSA) is 123 Å². The number of hydrogen-bond donors (Lipinski definition) is 3. The summed E-state index contributed by atoms with van der Waals surface area (Å²) >= 11 is 0. The summed E-state index contributed by atoms with van der Waals surface area (Å²) in [5.74, 6) is -1.69. The highest BCUT2D eigenvalue weighted by Gasteiger charge is 2.38. The number of nitrogens with one attached hydrogen (secondary N) is 2. The van der Waals surface area contributed by atoms with Crippen LogP contribution in [0.15, 0.2) is 54.7 Å². The van der Waals surface area contributed by atoms with Crippen LogP contribution in [0, 0.1) is 5.92 Å². The highest BCUT2D eigenvalue weighted by atomic mass is 16.5. The summed E-state index contributed by atoms with van der Waals surface area (Å²) in [6.45, 7) is 0.205. The van der Waals surface area contributed by atoms with Crippen molar-refractivity contribution in [2.24, 2.45) is 13.0 Å². The van der Waals surface area contributed by atoms with Crippen LogP contribution in [0.3, 0.4) is 0 Å². The molecule has 35 heavy (non-hydrogen) atoms. The van der Waals surface area contributed by atoms with E-state index in [2.05, 4.69) is 27.9 Å². The number of carboxylic acids is 1. The number of alkyl carbamates (subject to hydrolysis) is 1. The number of amides is 2. The molecular weight excluding hydrogens is 448 g/mol. The van der Waals surface area contributed by atoms with Crippen molar-refractivity contribution in [2.75, 3.05) is 6.61 Å². The molecule has 3 N–H and O–H groups in total. The molecule has 3 aromatic rings. The lowest BCUT2D eigenvalue weighted by atomic mass is 9.98. The van der Waals surface area contributed by atoms with Gasteiger partial charge < -0.3 is 20.5 Å². The molecule has 180 valence electrons. The van der Waals surface area contributed by atoms with Gasteiger partial charge in [0, 0.05) is 18.5 Å². The maximum Gasteiger partial charge on any atom is 0.407 e. The molecule has 1 saturated carbocycles. The molecule has 1 aromatic heterocycles. The van der Waals surface area contributed by atoms with Crippen LogP contribution in [0.25, 0.3) is 11.1 Å². The van der Waals surface area contributed by atoms with Crippen LogP contribution in [0.5, 0.6) is 0 Å². The first-order valence-corrected chi connectivity index (χ1v) is 11.6. The number of carbonyl (C=O) groups excluding carboxylic acids is 2. The minimum Gasteiger partial charge on any atom is -0.480 e. The number of benzene rings is 2. The van der Waals surface area contributed by atoms with E-state index in [0.717, 1.165) is 35.1 Å². The minimum atomic E-state index is -1.05. The van der Waals surface area contributed by atoms with Gasteiger partial charge in [-0.15, -0.1) is 0 Å². The van der Waals surface area contributed by atoms with Gasteiger partial charge in [-0.25, -0.2) is 9.59 Å². The van der Waals surface area contributed by atoms with Gasteiger partial charge in [0.25, 0.3) is 5.91 Å². The molecule has 0 spiro atoms. The predicted octanol–water partition coefficient (Wildman–Crippen LogP) is 3.05. The van der Waals surface area contributed by atoms with E-state index in [0.29, 0.717) is 5.56 Å². The van der Waals surface area contributed by atoms with Crippen molar-refractivity contribution in [2.45, 2.75) is 31.3 Å². The van der Waals surface area contributed by atoms with E-state index in [-0.39, 0.29) is 30.7 Å². The van der Waals surface area contributed by atoms with E-state index < -0.39 is 24.0 Å². The lowest BCUT2D eigenvalue weighted by molar-refractivity contribution is -0.139. The predicted molar refractivity (Wildman–Crippen MR) is 127 cm³/mol. The second kappa shape index (κ2) is 9.25. The summed E-state index contributed by atoms with van der Waals surface area (Å²) in [5.41, 5.74) is 5.21. The quantitative estimate of drug-likeness (QED) is 0.461. The Morgan fingerprint density at radius 2 is 1.71 bits per heavy atom. The van der Waals surface area contributed by atoms with E-state index >= 15 is 0 Å². The third-order valence-corrected chi connectivity index (χ3v) is 6.64. The van der Waals surface area contributed by atoms with Crippen molar-refractivity contribution in [3.05, 3.63) is 77.1 Å². The van der Waals surface area contributed by atoms with Gasteiger partial charge in [0.15, 0.2) is 0 Å². The lowest BCUT2D eigenvalue weighted by Crippen LogP contribution is -2.43. The zero-order chi connectivity index (χ0) is 24.5. The van der Waals surface area contributed by atoms with E-state index in [1.165, 1.54) is 10.9 Å². The molecule has 9 heteroatoms. The van der Waals surface area contributed by atoms with E-state index in [9.17, 15) is 19.5 Å². The molecule has 2 aromatic carbocycles. The number of fused-ring (bicyclic) bond motifs is 3. The summed E-state index contributed by atoms with van der Waals surface area (Å²) in [4.78, 5) is 36.8. The van der Waals surface area contributed by atoms with Gasteiger partial charge in [-0.05, 0) is 41.0 Å². The van der Waals surface area contributed by atoms with Crippen molar-refractivity contribution in [1.29, 1.82) is 0 Å². The van der Waals surface area contributed by atoms with Crippen LogP contribution in [0.2, 0.25) is 0 Å². The summed E-state index contributed by atoms with van der Waals surface area (Å²) in [6.07, 6.45) is 2.42. The Balaban J connectivity index is 1.21. The Bertz CT molecular complexity index is 1250. The second-order valence-corrected chi connectivity index (χ2v) is 8.95. The smallest absolute Gasteiger partial charge is 0.407 e. The average Bonchev–Trinajstić information content (AvgIpc) is 3.55. The maximum atomic E-state index is 12.8. The molecular formula is C26H26N4O5. The molecule has 0 aliphatic heterocycles. The third kappa shape index (κ3) is 4.49. The van der Waals surface area contributed by atoms with E-state index in [4.69, 9.17) is 4.74 Å². The van der Waals surface area contributed by atoms with Crippen LogP contribution in [0.1, 0.15) is 45.9 Å². The number of hydrogen-bond acceptors (Lipinski definition) is 5. The van der Waals surface area contributed by atoms with E-state index in [1.54, 1.807) is 7.05 Å². The fraction of sp³-hybridized carbons (Fsp3) is 0.308. The largest absolute Gasteiger partial charge is 0.480 e. The molecule has 0 radical (unpaired) electrons. The van der Waals surface area contributed by atoms with Crippen LogP contribution >= 0.6 is 0 Å². The number of aromatic nitrogens is 2. The van der Waals surface area contributed by atoms with E-state index in [1.807, 2.05) is 36.4 Å². The minimum absolute atomic E-state index is 0.0223. The zero-order valence-corrected chi connectivity index (χ0v) is 19.2. The number of ether oxygens (including phenoxy) is 1. The van der Waals surface area contributed by atoms with Crippen molar-refractivity contribution >= 4 is 18.0 Å². The molecule has 2 aliphatic carbocycles. The number of nitrogens with zero attached hydrogens (tertiary/aromatic N) is 2. The summed E-state index contributed by atoms with van der Waals surface area (Å²) in [6, 6.07) is 15.3. The van der Waals surface area contributed by atoms with Gasteiger partial charge >= 0.3 is 12.1 Å². The van der Waals surface area contributed by atoms with Crippen molar-refractivity contribution in [3.8, 4) is 11.1 Å². The first-order valence-electron chi connectivity index (χ1n) is 11.6. The Labute approximate surface area is 202 Å². The summed E-state index contributed by atoms with van der Waals surface area (Å²) in [7, 11) is 1.60. The van der Waals surface area contributed by atoms with Crippen LogP contribution in [0.4, 0.5) is 4.79 Å². The van der Waals surface area contributed by atoms with Crippen molar-refractivity contribution in [3.63, 3.8) is 0 Å². The van der Waals surface area contributed by atoms with Crippen LogP contribution in [-0.2, 0) is 23.1 Å². The highest BCUT2D eigenvalue weighted by Crippen LogP contribution is 2.44. The Morgan fingerprint density at radius 1 is 1.09 bits per heavy atom. The van der Waals surface area contributed by atoms with Gasteiger partial charge in [-0.3, -0.25) is 9.48 Å². The average molecular weight is 475 g/mol. The standard InChI is InChI=1S/C26H26N4O5/c1-30-23(24(31)29-22(25(32)33)15-10-11-15)16(13-28-30)12-27-26(34)35-14-21-19-8-4-2-6-17(19)18-7-3-5-9-20(18)21/h2-9,13,15,21-22H,10-12,14H2,1H3,(H,27,34)(H,29,31)(H,32,33). The number of rotatable bonds is 8. The number of carboxylic acid groups (broad SMARTS) is 1. The zero-order valence-electron chi connectivity index (χ0n) is 19.2. The Kier molecular flexibility index (Phi) is 5.98. The van der Waals surface area contributed by atoms with Crippen LogP contribution in [-0.4, -0.2) is 45.5 Å². The summed E-state index contributed by atoms with van der Waals surface area (Å²) in [5, 5.41) is 18.8. The molecule has 5 rings (SSSR count). The van der Waals surface area contributed by atoms with Gasteiger partial charge in [0.05, 0.1) is 12.7 Å². The van der Waals surface area contributed by atoms with Gasteiger partial charge in [0.2, 0.25) is 0 Å². The normalized spacial score (nSPS) is 15.1. The Hall–Kier alpha value is -4.14. The molecule has 1 heterocycles. The molecule has 0 saturated heterocycles. The highest BCUT2D eigenvalue weighted by molar-refractivity contribution is 5.96. The number of aliphatic carboxylic acids is 1. The molecule has 2 amide bonds. The van der Waals surface area contributed by atoms with Crippen molar-refractivity contribution in [1.82, 2.24) is 20.4 Å². The molecule has 2 aliphatic rings. The fourth-order valence-electron chi connectivity index (χ4n) is 4.74. The molecule has 9 nitrogen and oxygen atoms in total. The summed E-state index contributed by atoms with van der Waals surface area (Å²) < 4.78 is 6.92. The molecule has 1 atom stereocenters. The van der Waals surface area contributed by atoms with Gasteiger partial charge in [0.1, 0.15) is 18.3 Å². The molecule has 0 bridgehead atoms. The van der Waals surface area contributed by atoms with Crippen molar-refractivity contribution < 1.29 is 24.2 Å². The van der Waals surface area contributed by atoms with Crippen LogP contribution < -0.4 is 10.6 Å². The van der Waals surface area contributed by atoms with Gasteiger partial charge in [-0.2, -0.15) is 5.10 Å². The second-order valence-electron chi connectivity index (χ2n) is 8.95. The third-order valence-electron chi connectivity index (χ3n) is 6.64. The number of aryl methyl sites for hydroxylation is 1. The lowest BCUT2D eigenvalue weighted by Gasteiger charge is -2.15. The monoisotopic (exact) mass is 474 g/mol. The molecule has 1 fully saturated rings. The first kappa shape index (κ1) is 22.6.